The van der Waals surface area contributed by atoms with Crippen molar-refractivity contribution in [2.45, 2.75) is 49.1 Å². The van der Waals surface area contributed by atoms with Crippen LogP contribution in [0.3, 0.4) is 0 Å². The van der Waals surface area contributed by atoms with Crippen molar-refractivity contribution in [2.75, 3.05) is 5.32 Å². The molecule has 0 aromatic heterocycles. The summed E-state index contributed by atoms with van der Waals surface area (Å²) in [5, 5.41) is 22.9. The van der Waals surface area contributed by atoms with Gasteiger partial charge in [0.2, 0.25) is 0 Å². The Balaban J connectivity index is 2.08. The first-order chi connectivity index (χ1) is 16.6. The number of nitrogens with one attached hydrogen (secondary N) is 1. The number of nitrogens with zero attached hydrogens (tertiary/aromatic N) is 1. The zero-order valence-corrected chi connectivity index (χ0v) is 21.3. The van der Waals surface area contributed by atoms with Gasteiger partial charge in [0.05, 0.1) is 39.2 Å². The molecule has 0 spiro atoms. The number of phenols is 1. The summed E-state index contributed by atoms with van der Waals surface area (Å²) in [5.41, 5.74) is -2.17. The van der Waals surface area contributed by atoms with Gasteiger partial charge in [-0.25, -0.2) is 4.21 Å². The number of carbonyl (C=O) groups is 1. The van der Waals surface area contributed by atoms with E-state index in [2.05, 4.69) is 5.32 Å². The maximum atomic E-state index is 13.9. The van der Waals surface area contributed by atoms with Gasteiger partial charge in [0.15, 0.2) is 0 Å². The van der Waals surface area contributed by atoms with Gasteiger partial charge in [0.1, 0.15) is 5.75 Å². The standard InChI is InChI=1S/C26H22ClF3N2O3S/c1-14-15(13-31)11-20(25(2,3)4)23(33)22(14)24(34)32-21-10-9-18(12-19(21)26(28,29)30)36(35)17-7-5-16(27)6-8-17/h5-12,33H,1-4H3,(H,32,34). The molecule has 1 atom stereocenters. The number of carbonyl (C=O) groups excluding carboxylic acids is 1. The lowest BCUT2D eigenvalue weighted by molar-refractivity contribution is -0.137. The highest BCUT2D eigenvalue weighted by molar-refractivity contribution is 7.85. The van der Waals surface area contributed by atoms with Crippen LogP contribution in [-0.2, 0) is 22.4 Å². The fraction of sp³-hybridized carbons (Fsp3) is 0.231. The van der Waals surface area contributed by atoms with Gasteiger partial charge in [0, 0.05) is 20.4 Å². The Labute approximate surface area is 214 Å². The van der Waals surface area contributed by atoms with Crippen LogP contribution in [0, 0.1) is 18.3 Å². The predicted molar refractivity (Wildman–Crippen MR) is 132 cm³/mol. The Hall–Kier alpha value is -3.35. The Kier molecular flexibility index (Phi) is 7.53. The molecule has 36 heavy (non-hydrogen) atoms. The van der Waals surface area contributed by atoms with Gasteiger partial charge in [0.25, 0.3) is 5.91 Å². The van der Waals surface area contributed by atoms with Crippen LogP contribution >= 0.6 is 11.6 Å². The number of aromatic hydroxyl groups is 1. The minimum atomic E-state index is -4.88. The van der Waals surface area contributed by atoms with E-state index in [0.717, 1.165) is 6.07 Å². The van der Waals surface area contributed by atoms with Gasteiger partial charge in [-0.1, -0.05) is 32.4 Å². The summed E-state index contributed by atoms with van der Waals surface area (Å²) in [6, 6.07) is 12.2. The molecule has 0 aliphatic rings. The van der Waals surface area contributed by atoms with Gasteiger partial charge in [-0.15, -0.1) is 0 Å². The molecule has 1 amide bonds. The number of rotatable bonds is 4. The molecule has 0 fully saturated rings. The number of anilines is 1. The molecule has 3 aromatic rings. The fourth-order valence-corrected chi connectivity index (χ4v) is 4.79. The zero-order valence-electron chi connectivity index (χ0n) is 19.7. The fourth-order valence-electron chi connectivity index (χ4n) is 3.59. The molecule has 5 nitrogen and oxygen atoms in total. The van der Waals surface area contributed by atoms with Crippen molar-refractivity contribution in [2.24, 2.45) is 0 Å². The number of hydrogen-bond donors (Lipinski definition) is 2. The molecule has 0 heterocycles. The van der Waals surface area contributed by atoms with Crippen LogP contribution in [0.1, 0.15) is 53.4 Å². The summed E-state index contributed by atoms with van der Waals surface area (Å²) in [5.74, 6) is -1.42. The lowest BCUT2D eigenvalue weighted by atomic mass is 9.82. The molecule has 0 saturated heterocycles. The van der Waals surface area contributed by atoms with Gasteiger partial charge in [-0.2, -0.15) is 18.4 Å². The molecule has 188 valence electrons. The van der Waals surface area contributed by atoms with Crippen molar-refractivity contribution in [1.82, 2.24) is 0 Å². The van der Waals surface area contributed by atoms with E-state index in [0.29, 0.717) is 16.7 Å². The number of amides is 1. The van der Waals surface area contributed by atoms with Crippen LogP contribution in [-0.4, -0.2) is 15.2 Å². The highest BCUT2D eigenvalue weighted by Gasteiger charge is 2.35. The van der Waals surface area contributed by atoms with Crippen molar-refractivity contribution in [3.05, 3.63) is 81.4 Å². The lowest BCUT2D eigenvalue weighted by Gasteiger charge is -2.24. The molecule has 0 bridgehead atoms. The maximum Gasteiger partial charge on any atom is 0.418 e. The van der Waals surface area contributed by atoms with E-state index in [1.165, 1.54) is 43.3 Å². The van der Waals surface area contributed by atoms with Gasteiger partial charge in [-0.05, 0) is 66.4 Å². The molecule has 2 N–H and O–H groups in total. The third kappa shape index (κ3) is 5.55. The molecule has 3 aromatic carbocycles. The van der Waals surface area contributed by atoms with Crippen molar-refractivity contribution in [1.29, 1.82) is 5.26 Å². The van der Waals surface area contributed by atoms with E-state index in [1.807, 2.05) is 6.07 Å². The number of nitriles is 1. The third-order valence-electron chi connectivity index (χ3n) is 5.50. The second-order valence-corrected chi connectivity index (χ2v) is 11.0. The molecule has 3 rings (SSSR count). The van der Waals surface area contributed by atoms with E-state index in [9.17, 15) is 32.5 Å². The Morgan fingerprint density at radius 3 is 2.14 bits per heavy atom. The molecular formula is C26H22ClF3N2O3S. The Morgan fingerprint density at radius 2 is 1.61 bits per heavy atom. The number of benzene rings is 3. The van der Waals surface area contributed by atoms with E-state index in [1.54, 1.807) is 20.8 Å². The summed E-state index contributed by atoms with van der Waals surface area (Å²) in [4.78, 5) is 13.3. The molecule has 0 radical (unpaired) electrons. The average Bonchev–Trinajstić information content (AvgIpc) is 2.78. The maximum absolute atomic E-state index is 13.9. The molecule has 0 aliphatic heterocycles. The summed E-state index contributed by atoms with van der Waals surface area (Å²) in [7, 11) is -1.93. The van der Waals surface area contributed by atoms with Gasteiger partial charge >= 0.3 is 6.18 Å². The molecule has 0 saturated carbocycles. The second kappa shape index (κ2) is 9.96. The average molecular weight is 535 g/mol. The van der Waals surface area contributed by atoms with Gasteiger partial charge < -0.3 is 10.4 Å². The minimum Gasteiger partial charge on any atom is -0.507 e. The van der Waals surface area contributed by atoms with Crippen LogP contribution in [0.4, 0.5) is 18.9 Å². The number of alkyl halides is 3. The topological polar surface area (TPSA) is 90.2 Å². The first kappa shape index (κ1) is 27.2. The van der Waals surface area contributed by atoms with Crippen LogP contribution in [0.2, 0.25) is 5.02 Å². The molecule has 10 heteroatoms. The van der Waals surface area contributed by atoms with Crippen molar-refractivity contribution >= 4 is 34.0 Å². The number of phenolic OH excluding ortho intramolecular Hbond substituents is 1. The smallest absolute Gasteiger partial charge is 0.418 e. The third-order valence-corrected chi connectivity index (χ3v) is 7.14. The van der Waals surface area contributed by atoms with Crippen LogP contribution in [0.15, 0.2) is 58.3 Å². The summed E-state index contributed by atoms with van der Waals surface area (Å²) in [6.45, 7) is 6.73. The van der Waals surface area contributed by atoms with Gasteiger partial charge in [-0.3, -0.25) is 4.79 Å². The number of halogens is 4. The van der Waals surface area contributed by atoms with E-state index >= 15 is 0 Å². The Bertz CT molecular complexity index is 1410. The highest BCUT2D eigenvalue weighted by Crippen LogP contribution is 2.39. The first-order valence-corrected chi connectivity index (χ1v) is 12.1. The normalized spacial score (nSPS) is 12.6. The molecule has 0 aliphatic carbocycles. The van der Waals surface area contributed by atoms with E-state index in [4.69, 9.17) is 11.6 Å². The summed E-state index contributed by atoms with van der Waals surface area (Å²) < 4.78 is 54.6. The SMILES string of the molecule is Cc1c(C#N)cc(C(C)(C)C)c(O)c1C(=O)Nc1ccc(S(=O)c2ccc(Cl)cc2)cc1C(F)(F)F. The lowest BCUT2D eigenvalue weighted by Crippen LogP contribution is -2.21. The number of hydrogen-bond acceptors (Lipinski definition) is 4. The van der Waals surface area contributed by atoms with Crippen LogP contribution < -0.4 is 5.32 Å². The Morgan fingerprint density at radius 1 is 1.03 bits per heavy atom. The van der Waals surface area contributed by atoms with Crippen LogP contribution in [0.5, 0.6) is 5.75 Å². The molecular weight excluding hydrogens is 513 g/mol. The van der Waals surface area contributed by atoms with Crippen molar-refractivity contribution in [3.63, 3.8) is 0 Å². The summed E-state index contributed by atoms with van der Waals surface area (Å²) in [6.07, 6.45) is -4.88. The highest BCUT2D eigenvalue weighted by atomic mass is 35.5. The van der Waals surface area contributed by atoms with Crippen LogP contribution in [0.25, 0.3) is 0 Å². The quantitative estimate of drug-likeness (QED) is 0.378. The summed E-state index contributed by atoms with van der Waals surface area (Å²) >= 11 is 5.82. The molecule has 1 unspecified atom stereocenters. The monoisotopic (exact) mass is 534 g/mol. The van der Waals surface area contributed by atoms with E-state index < -0.39 is 45.3 Å². The van der Waals surface area contributed by atoms with Crippen molar-refractivity contribution in [3.8, 4) is 11.8 Å². The largest absolute Gasteiger partial charge is 0.507 e. The van der Waals surface area contributed by atoms with E-state index in [-0.39, 0.29) is 26.5 Å². The second-order valence-electron chi connectivity index (χ2n) is 9.06. The zero-order chi connectivity index (χ0) is 27.0. The predicted octanol–water partition coefficient (Wildman–Crippen LogP) is 6.96. The van der Waals surface area contributed by atoms with Crippen molar-refractivity contribution < 1.29 is 27.3 Å². The first-order valence-electron chi connectivity index (χ1n) is 10.6. The minimum absolute atomic E-state index is 0.118.